The number of carboxylic acid groups (broad SMARTS) is 3. The van der Waals surface area contributed by atoms with E-state index >= 15 is 0 Å². The third kappa shape index (κ3) is 3.80. The van der Waals surface area contributed by atoms with Crippen LogP contribution in [0.3, 0.4) is 0 Å². The van der Waals surface area contributed by atoms with Crippen LogP contribution in [-0.2, 0) is 0 Å². The fraction of sp³-hybridized carbons (Fsp3) is 0. The molecular weight excluding hydrogens is 366 g/mol. The summed E-state index contributed by atoms with van der Waals surface area (Å²) < 4.78 is 0. The standard InChI is InChI=1S/C20H13NO7/c22-17(21-16-8-14(19(25)26)7-15(9-16)20(27)28)12-3-1-11-6-13(18(23)24)4-2-10(11)5-12/h1-9H,(H,21,22)(H,23,24)(H,25,26)(H,27,28). The number of carbonyl (C=O) groups is 4. The second-order valence-corrected chi connectivity index (χ2v) is 5.95. The lowest BCUT2D eigenvalue weighted by Crippen LogP contribution is -2.13. The van der Waals surface area contributed by atoms with Crippen molar-refractivity contribution in [3.05, 3.63) is 76.9 Å². The Kier molecular flexibility index (Phi) is 4.78. The fourth-order valence-corrected chi connectivity index (χ4v) is 2.67. The summed E-state index contributed by atoms with van der Waals surface area (Å²) in [6, 6.07) is 12.4. The van der Waals surface area contributed by atoms with E-state index in [-0.39, 0.29) is 27.9 Å². The lowest BCUT2D eigenvalue weighted by Gasteiger charge is -2.09. The molecule has 3 aromatic carbocycles. The van der Waals surface area contributed by atoms with Gasteiger partial charge < -0.3 is 20.6 Å². The maximum absolute atomic E-state index is 12.5. The number of carboxylic acids is 3. The van der Waals surface area contributed by atoms with Gasteiger partial charge >= 0.3 is 17.9 Å². The fourth-order valence-electron chi connectivity index (χ4n) is 2.67. The van der Waals surface area contributed by atoms with Crippen molar-refractivity contribution in [2.45, 2.75) is 0 Å². The van der Waals surface area contributed by atoms with Gasteiger partial charge in [0.2, 0.25) is 0 Å². The number of anilines is 1. The van der Waals surface area contributed by atoms with Crippen LogP contribution in [0.25, 0.3) is 10.8 Å². The second-order valence-electron chi connectivity index (χ2n) is 5.95. The maximum atomic E-state index is 12.5. The minimum absolute atomic E-state index is 0.0311. The molecule has 0 aliphatic carbocycles. The number of amides is 1. The number of fused-ring (bicyclic) bond motifs is 1. The molecule has 4 N–H and O–H groups in total. The van der Waals surface area contributed by atoms with E-state index < -0.39 is 23.8 Å². The van der Waals surface area contributed by atoms with Crippen LogP contribution in [0.5, 0.6) is 0 Å². The molecule has 0 unspecified atom stereocenters. The Morgan fingerprint density at radius 3 is 1.54 bits per heavy atom. The van der Waals surface area contributed by atoms with Crippen molar-refractivity contribution in [1.82, 2.24) is 0 Å². The average Bonchev–Trinajstić information content (AvgIpc) is 2.66. The van der Waals surface area contributed by atoms with Gasteiger partial charge in [0.15, 0.2) is 0 Å². The molecule has 1 amide bonds. The number of carbonyl (C=O) groups excluding carboxylic acids is 1. The number of aromatic carboxylic acids is 3. The number of rotatable bonds is 5. The molecule has 0 atom stereocenters. The van der Waals surface area contributed by atoms with E-state index in [4.69, 9.17) is 15.3 Å². The monoisotopic (exact) mass is 379 g/mol. The van der Waals surface area contributed by atoms with Gasteiger partial charge in [-0.3, -0.25) is 4.79 Å². The SMILES string of the molecule is O=C(O)c1cc(NC(=O)c2ccc3cc(C(=O)O)ccc3c2)cc(C(=O)O)c1. The molecule has 0 aromatic heterocycles. The van der Waals surface area contributed by atoms with Gasteiger partial charge in [0.1, 0.15) is 0 Å². The van der Waals surface area contributed by atoms with Crippen molar-refractivity contribution in [1.29, 1.82) is 0 Å². The van der Waals surface area contributed by atoms with Gasteiger partial charge in [0.05, 0.1) is 16.7 Å². The first-order chi connectivity index (χ1) is 13.2. The van der Waals surface area contributed by atoms with Crippen LogP contribution in [-0.4, -0.2) is 39.1 Å². The predicted octanol–water partition coefficient (Wildman–Crippen LogP) is 3.19. The van der Waals surface area contributed by atoms with Crippen LogP contribution in [0, 0.1) is 0 Å². The Labute approximate surface area is 157 Å². The molecule has 8 nitrogen and oxygen atoms in total. The van der Waals surface area contributed by atoms with Gasteiger partial charge in [-0.2, -0.15) is 0 Å². The van der Waals surface area contributed by atoms with Gasteiger partial charge in [0, 0.05) is 11.3 Å². The molecule has 0 radical (unpaired) electrons. The zero-order chi connectivity index (χ0) is 20.4. The number of benzene rings is 3. The molecule has 0 saturated carbocycles. The van der Waals surface area contributed by atoms with Crippen LogP contribution in [0.2, 0.25) is 0 Å². The Balaban J connectivity index is 1.92. The Morgan fingerprint density at radius 1 is 0.571 bits per heavy atom. The van der Waals surface area contributed by atoms with Crippen molar-refractivity contribution >= 4 is 40.3 Å². The minimum atomic E-state index is -1.32. The largest absolute Gasteiger partial charge is 0.478 e. The number of nitrogens with one attached hydrogen (secondary N) is 1. The zero-order valence-corrected chi connectivity index (χ0v) is 14.2. The van der Waals surface area contributed by atoms with Gasteiger partial charge in [-0.25, -0.2) is 14.4 Å². The molecule has 0 heterocycles. The van der Waals surface area contributed by atoms with Crippen LogP contribution in [0.15, 0.2) is 54.6 Å². The van der Waals surface area contributed by atoms with Crippen LogP contribution < -0.4 is 5.32 Å². The minimum Gasteiger partial charge on any atom is -0.478 e. The van der Waals surface area contributed by atoms with Gasteiger partial charge in [-0.05, 0) is 53.2 Å². The smallest absolute Gasteiger partial charge is 0.335 e. The van der Waals surface area contributed by atoms with Crippen molar-refractivity contribution in [2.24, 2.45) is 0 Å². The summed E-state index contributed by atoms with van der Waals surface area (Å²) >= 11 is 0. The van der Waals surface area contributed by atoms with Crippen molar-refractivity contribution < 1.29 is 34.5 Å². The summed E-state index contributed by atoms with van der Waals surface area (Å²) in [6.45, 7) is 0. The molecule has 0 saturated heterocycles. The summed E-state index contributed by atoms with van der Waals surface area (Å²) in [6.07, 6.45) is 0. The van der Waals surface area contributed by atoms with E-state index in [1.54, 1.807) is 18.2 Å². The highest BCUT2D eigenvalue weighted by atomic mass is 16.4. The quantitative estimate of drug-likeness (QED) is 0.533. The molecule has 3 aromatic rings. The molecule has 0 aliphatic rings. The highest BCUT2D eigenvalue weighted by Crippen LogP contribution is 2.20. The topological polar surface area (TPSA) is 141 Å². The third-order valence-corrected chi connectivity index (χ3v) is 4.03. The van der Waals surface area contributed by atoms with E-state index in [9.17, 15) is 19.2 Å². The van der Waals surface area contributed by atoms with Crippen LogP contribution in [0.4, 0.5) is 5.69 Å². The van der Waals surface area contributed by atoms with E-state index in [2.05, 4.69) is 5.32 Å². The summed E-state index contributed by atoms with van der Waals surface area (Å²) in [7, 11) is 0. The second kappa shape index (κ2) is 7.20. The van der Waals surface area contributed by atoms with Gasteiger partial charge in [-0.1, -0.05) is 12.1 Å². The first-order valence-corrected chi connectivity index (χ1v) is 7.95. The molecule has 8 heteroatoms. The molecule has 3 rings (SSSR count). The maximum Gasteiger partial charge on any atom is 0.335 e. The highest BCUT2D eigenvalue weighted by Gasteiger charge is 2.14. The first kappa shape index (κ1) is 18.6. The predicted molar refractivity (Wildman–Crippen MR) is 99.2 cm³/mol. The average molecular weight is 379 g/mol. The molecule has 0 spiro atoms. The summed E-state index contributed by atoms with van der Waals surface area (Å²) in [4.78, 5) is 45.8. The normalized spacial score (nSPS) is 10.4. The molecule has 0 fully saturated rings. The van der Waals surface area contributed by atoms with E-state index in [1.807, 2.05) is 0 Å². The molecule has 0 aliphatic heterocycles. The summed E-state index contributed by atoms with van der Waals surface area (Å²) in [5.41, 5.74) is -0.141. The lowest BCUT2D eigenvalue weighted by atomic mass is 10.0. The third-order valence-electron chi connectivity index (χ3n) is 4.03. The zero-order valence-electron chi connectivity index (χ0n) is 14.2. The van der Waals surface area contributed by atoms with E-state index in [0.717, 1.165) is 18.2 Å². The molecule has 28 heavy (non-hydrogen) atoms. The Morgan fingerprint density at radius 2 is 1.04 bits per heavy atom. The summed E-state index contributed by atoms with van der Waals surface area (Å²) in [5.74, 6) is -4.27. The Bertz CT molecular complexity index is 1120. The molecule has 0 bridgehead atoms. The summed E-state index contributed by atoms with van der Waals surface area (Å²) in [5, 5.41) is 31.0. The van der Waals surface area contributed by atoms with E-state index in [0.29, 0.717) is 10.8 Å². The highest BCUT2D eigenvalue weighted by molar-refractivity contribution is 6.08. The number of hydrogen-bond donors (Lipinski definition) is 4. The molecule has 140 valence electrons. The van der Waals surface area contributed by atoms with Gasteiger partial charge in [0.25, 0.3) is 5.91 Å². The van der Waals surface area contributed by atoms with Crippen molar-refractivity contribution in [3.8, 4) is 0 Å². The number of hydrogen-bond acceptors (Lipinski definition) is 4. The lowest BCUT2D eigenvalue weighted by molar-refractivity contribution is 0.0682. The first-order valence-electron chi connectivity index (χ1n) is 7.95. The van der Waals surface area contributed by atoms with Crippen molar-refractivity contribution in [2.75, 3.05) is 5.32 Å². The van der Waals surface area contributed by atoms with Gasteiger partial charge in [-0.15, -0.1) is 0 Å². The molecular formula is C20H13NO7. The van der Waals surface area contributed by atoms with Crippen LogP contribution in [0.1, 0.15) is 41.4 Å². The van der Waals surface area contributed by atoms with E-state index in [1.165, 1.54) is 18.2 Å². The van der Waals surface area contributed by atoms with Crippen molar-refractivity contribution in [3.63, 3.8) is 0 Å². The Hall–Kier alpha value is -4.20. The van der Waals surface area contributed by atoms with Crippen LogP contribution >= 0.6 is 0 Å².